The van der Waals surface area contributed by atoms with E-state index in [1.165, 1.54) is 10.4 Å². The molecule has 2 atom stereocenters. The van der Waals surface area contributed by atoms with E-state index in [0.717, 1.165) is 24.2 Å². The molecular formula is C19H17NO2S3. The second kappa shape index (κ2) is 5.77. The maximum Gasteiger partial charge on any atom is 0.183 e. The Labute approximate surface area is 155 Å². The highest BCUT2D eigenvalue weighted by molar-refractivity contribution is 7.92. The van der Waals surface area contributed by atoms with Crippen molar-refractivity contribution in [1.82, 2.24) is 4.90 Å². The number of hydrogen-bond donors (Lipinski definition) is 0. The summed E-state index contributed by atoms with van der Waals surface area (Å²) in [5.41, 5.74) is 3.42. The van der Waals surface area contributed by atoms with E-state index in [2.05, 4.69) is 39.2 Å². The largest absolute Gasteiger partial charge is 0.297 e. The van der Waals surface area contributed by atoms with Crippen LogP contribution < -0.4 is 0 Å². The molecule has 25 heavy (non-hydrogen) atoms. The third-order valence-corrected chi connectivity index (χ3v) is 9.16. The minimum atomic E-state index is -3.22. The fourth-order valence-corrected chi connectivity index (χ4v) is 7.67. The van der Waals surface area contributed by atoms with Gasteiger partial charge in [0, 0.05) is 30.4 Å². The van der Waals surface area contributed by atoms with Crippen LogP contribution in [0.5, 0.6) is 0 Å². The first-order chi connectivity index (χ1) is 12.1. The molecule has 2 aromatic heterocycles. The van der Waals surface area contributed by atoms with Crippen LogP contribution >= 0.6 is 22.7 Å². The lowest BCUT2D eigenvalue weighted by Gasteiger charge is -2.16. The van der Waals surface area contributed by atoms with Gasteiger partial charge < -0.3 is 0 Å². The highest BCUT2D eigenvalue weighted by Gasteiger charge is 2.50. The molecule has 0 amide bonds. The van der Waals surface area contributed by atoms with Crippen LogP contribution in [0.1, 0.15) is 17.0 Å². The first kappa shape index (κ1) is 15.8. The molecule has 1 aromatic carbocycles. The van der Waals surface area contributed by atoms with E-state index in [0.29, 0.717) is 11.4 Å². The molecule has 0 aliphatic carbocycles. The van der Waals surface area contributed by atoms with Crippen LogP contribution in [0.15, 0.2) is 57.4 Å². The molecule has 4 heterocycles. The van der Waals surface area contributed by atoms with Crippen molar-refractivity contribution in [2.24, 2.45) is 0 Å². The van der Waals surface area contributed by atoms with Gasteiger partial charge in [0.2, 0.25) is 0 Å². The molecule has 3 aromatic rings. The highest BCUT2D eigenvalue weighted by Crippen LogP contribution is 2.46. The molecule has 1 fully saturated rings. The predicted molar refractivity (Wildman–Crippen MR) is 103 cm³/mol. The minimum absolute atomic E-state index is 0.0959. The van der Waals surface area contributed by atoms with Gasteiger partial charge in [0.25, 0.3) is 0 Å². The maximum absolute atomic E-state index is 13.0. The van der Waals surface area contributed by atoms with E-state index in [4.69, 9.17) is 0 Å². The number of rotatable bonds is 3. The summed E-state index contributed by atoms with van der Waals surface area (Å²) < 4.78 is 26.0. The van der Waals surface area contributed by atoms with Gasteiger partial charge in [0.15, 0.2) is 9.84 Å². The second-order valence-corrected chi connectivity index (χ2v) is 10.6. The molecule has 3 nitrogen and oxygen atoms in total. The van der Waals surface area contributed by atoms with Crippen molar-refractivity contribution in [3.8, 4) is 10.4 Å². The summed E-state index contributed by atoms with van der Waals surface area (Å²) in [6, 6.07) is 12.1. The molecule has 1 saturated heterocycles. The molecule has 0 N–H and O–H groups in total. The Kier molecular flexibility index (Phi) is 3.64. The molecule has 0 spiro atoms. The third-order valence-electron chi connectivity index (χ3n) is 5.25. The minimum Gasteiger partial charge on any atom is -0.297 e. The van der Waals surface area contributed by atoms with Crippen LogP contribution in [-0.2, 0) is 16.4 Å². The Hall–Kier alpha value is -1.47. The van der Waals surface area contributed by atoms with Gasteiger partial charge in [-0.25, -0.2) is 8.42 Å². The van der Waals surface area contributed by atoms with Crippen molar-refractivity contribution in [2.75, 3.05) is 13.1 Å². The van der Waals surface area contributed by atoms with Gasteiger partial charge in [0.1, 0.15) is 0 Å². The van der Waals surface area contributed by atoms with Gasteiger partial charge in [-0.15, -0.1) is 11.3 Å². The van der Waals surface area contributed by atoms with Gasteiger partial charge in [-0.2, -0.15) is 11.3 Å². The monoisotopic (exact) mass is 387 g/mol. The number of thiophene rings is 2. The summed E-state index contributed by atoms with van der Waals surface area (Å²) in [5.74, 6) is 0.0959. The molecule has 5 rings (SSSR count). The fraction of sp³-hybridized carbons (Fsp3) is 0.263. The number of hydrogen-bond acceptors (Lipinski definition) is 5. The zero-order valence-corrected chi connectivity index (χ0v) is 15.9. The number of sulfone groups is 1. The summed E-state index contributed by atoms with van der Waals surface area (Å²) in [4.78, 5) is 4.03. The van der Waals surface area contributed by atoms with Gasteiger partial charge >= 0.3 is 0 Å². The average molecular weight is 388 g/mol. The number of likely N-dealkylation sites (tertiary alicyclic amines) is 1. The van der Waals surface area contributed by atoms with Gasteiger partial charge in [-0.1, -0.05) is 12.1 Å². The molecule has 2 aliphatic heterocycles. The number of fused-ring (bicyclic) bond motifs is 3. The van der Waals surface area contributed by atoms with Crippen molar-refractivity contribution in [2.45, 2.75) is 22.6 Å². The average Bonchev–Trinajstić information content (AvgIpc) is 3.37. The Morgan fingerprint density at radius 1 is 1.12 bits per heavy atom. The number of nitrogens with zero attached hydrogens (tertiary/aromatic N) is 1. The summed E-state index contributed by atoms with van der Waals surface area (Å²) in [6.45, 7) is 2.29. The molecule has 0 radical (unpaired) electrons. The normalized spacial score (nSPS) is 24.3. The van der Waals surface area contributed by atoms with Crippen molar-refractivity contribution in [3.63, 3.8) is 0 Å². The first-order valence-corrected chi connectivity index (χ1v) is 11.6. The van der Waals surface area contributed by atoms with Gasteiger partial charge in [-0.3, -0.25) is 4.90 Å². The third kappa shape index (κ3) is 2.51. The lowest BCUT2D eigenvalue weighted by atomic mass is 9.96. The quantitative estimate of drug-likeness (QED) is 0.675. The van der Waals surface area contributed by atoms with Crippen LogP contribution in [0.4, 0.5) is 0 Å². The summed E-state index contributed by atoms with van der Waals surface area (Å²) >= 11 is 3.38. The van der Waals surface area contributed by atoms with Crippen LogP contribution in [0.25, 0.3) is 10.4 Å². The van der Waals surface area contributed by atoms with E-state index in [-0.39, 0.29) is 11.2 Å². The van der Waals surface area contributed by atoms with E-state index in [1.807, 2.05) is 18.2 Å². The molecule has 128 valence electrons. The molecule has 6 heteroatoms. The summed E-state index contributed by atoms with van der Waals surface area (Å²) in [7, 11) is -3.22. The SMILES string of the molecule is O=S1(=O)c2ccc(-c3cccs3)cc2[C@@H]2CN(Cc3ccsc3)C[C@@H]21. The molecule has 2 aliphatic rings. The maximum atomic E-state index is 13.0. The van der Waals surface area contributed by atoms with E-state index < -0.39 is 9.84 Å². The zero-order valence-electron chi connectivity index (χ0n) is 13.5. The van der Waals surface area contributed by atoms with Crippen LogP contribution in [0, 0.1) is 0 Å². The Morgan fingerprint density at radius 3 is 2.80 bits per heavy atom. The fourth-order valence-electron chi connectivity index (χ4n) is 4.09. The van der Waals surface area contributed by atoms with Crippen molar-refractivity contribution >= 4 is 32.5 Å². The second-order valence-electron chi connectivity index (χ2n) is 6.75. The van der Waals surface area contributed by atoms with Crippen LogP contribution in [0.3, 0.4) is 0 Å². The number of benzene rings is 1. The van der Waals surface area contributed by atoms with E-state index in [1.54, 1.807) is 22.7 Å². The lowest BCUT2D eigenvalue weighted by Crippen LogP contribution is -2.25. The van der Waals surface area contributed by atoms with Crippen LogP contribution in [-0.4, -0.2) is 31.7 Å². The Balaban J connectivity index is 1.51. The summed E-state index contributed by atoms with van der Waals surface area (Å²) in [5, 5.41) is 5.98. The predicted octanol–water partition coefficient (Wildman–Crippen LogP) is 4.23. The van der Waals surface area contributed by atoms with Crippen LogP contribution in [0.2, 0.25) is 0 Å². The molecule has 0 saturated carbocycles. The lowest BCUT2D eigenvalue weighted by molar-refractivity contribution is 0.326. The Bertz CT molecular complexity index is 1010. The van der Waals surface area contributed by atoms with E-state index >= 15 is 0 Å². The molecular weight excluding hydrogens is 370 g/mol. The smallest absolute Gasteiger partial charge is 0.183 e. The topological polar surface area (TPSA) is 37.4 Å². The molecule has 0 unspecified atom stereocenters. The first-order valence-electron chi connectivity index (χ1n) is 8.28. The van der Waals surface area contributed by atoms with Gasteiger partial charge in [0.05, 0.1) is 10.1 Å². The molecule has 0 bridgehead atoms. The van der Waals surface area contributed by atoms with Gasteiger partial charge in [-0.05, 0) is 57.1 Å². The zero-order chi connectivity index (χ0) is 17.0. The highest BCUT2D eigenvalue weighted by atomic mass is 32.2. The Morgan fingerprint density at radius 2 is 2.04 bits per heavy atom. The van der Waals surface area contributed by atoms with Crippen molar-refractivity contribution in [1.29, 1.82) is 0 Å². The van der Waals surface area contributed by atoms with E-state index in [9.17, 15) is 8.42 Å². The summed E-state index contributed by atoms with van der Waals surface area (Å²) in [6.07, 6.45) is 0. The van der Waals surface area contributed by atoms with Crippen molar-refractivity contribution < 1.29 is 8.42 Å². The standard InChI is InChI=1S/C19H17NO2S3/c21-25(22)18-4-3-14(17-2-1-6-24-17)8-15(18)16-10-20(11-19(16)25)9-13-5-7-23-12-13/h1-8,12,16,19H,9-11H2/t16-,19-/m0/s1. The van der Waals surface area contributed by atoms with Crippen molar-refractivity contribution in [3.05, 3.63) is 63.7 Å².